The summed E-state index contributed by atoms with van der Waals surface area (Å²) in [7, 11) is 1.75. The minimum Gasteiger partial charge on any atom is -0.463 e. The van der Waals surface area contributed by atoms with Crippen molar-refractivity contribution in [1.29, 1.82) is 0 Å². The maximum atomic E-state index is 13.6. The van der Waals surface area contributed by atoms with Gasteiger partial charge in [-0.15, -0.1) is 0 Å². The molecule has 196 valence electrons. The van der Waals surface area contributed by atoms with Crippen LogP contribution < -0.4 is 5.32 Å². The van der Waals surface area contributed by atoms with Crippen LogP contribution in [0, 0.1) is 17.8 Å². The van der Waals surface area contributed by atoms with Crippen molar-refractivity contribution < 1.29 is 19.1 Å². The number of nitrogens with zero attached hydrogens (tertiary/aromatic N) is 2. The summed E-state index contributed by atoms with van der Waals surface area (Å²) in [6.45, 7) is 19.1. The molecule has 0 aromatic carbocycles. The van der Waals surface area contributed by atoms with Gasteiger partial charge in [-0.2, -0.15) is 0 Å². The quantitative estimate of drug-likeness (QED) is 0.358. The minimum atomic E-state index is -0.632. The third-order valence-electron chi connectivity index (χ3n) is 6.99. The Kier molecular flexibility index (Phi) is 12.3. The molecule has 0 bridgehead atoms. The van der Waals surface area contributed by atoms with E-state index in [1.807, 2.05) is 27.7 Å². The fourth-order valence-corrected chi connectivity index (χ4v) is 4.71. The van der Waals surface area contributed by atoms with Gasteiger partial charge in [0.05, 0.1) is 18.7 Å². The summed E-state index contributed by atoms with van der Waals surface area (Å²) in [4.78, 5) is 43.1. The van der Waals surface area contributed by atoms with Crippen LogP contribution in [-0.2, 0) is 19.1 Å². The first kappa shape index (κ1) is 30.1. The summed E-state index contributed by atoms with van der Waals surface area (Å²) in [5.41, 5.74) is 0.477. The first-order valence-electron chi connectivity index (χ1n) is 13.0. The van der Waals surface area contributed by atoms with Gasteiger partial charge < -0.3 is 15.0 Å². The van der Waals surface area contributed by atoms with Crippen LogP contribution in [0.2, 0.25) is 0 Å². The van der Waals surface area contributed by atoms with E-state index in [4.69, 9.17) is 4.74 Å². The summed E-state index contributed by atoms with van der Waals surface area (Å²) in [6, 6.07) is -0.869. The Hall–Kier alpha value is -1.89. The van der Waals surface area contributed by atoms with Crippen LogP contribution in [0.3, 0.4) is 0 Å². The Balaban J connectivity index is 3.07. The average Bonchev–Trinajstić information content (AvgIpc) is 2.78. The molecule has 2 amide bonds. The van der Waals surface area contributed by atoms with Gasteiger partial charge in [0.15, 0.2) is 0 Å². The van der Waals surface area contributed by atoms with E-state index in [2.05, 4.69) is 31.0 Å². The first-order chi connectivity index (χ1) is 15.8. The highest BCUT2D eigenvalue weighted by atomic mass is 16.5. The topological polar surface area (TPSA) is 79.0 Å². The number of piperidine rings is 1. The van der Waals surface area contributed by atoms with E-state index in [1.165, 1.54) is 0 Å². The van der Waals surface area contributed by atoms with Crippen molar-refractivity contribution in [3.63, 3.8) is 0 Å². The smallest absolute Gasteiger partial charge is 0.333 e. The van der Waals surface area contributed by atoms with Crippen molar-refractivity contribution in [3.8, 4) is 0 Å². The zero-order valence-electron chi connectivity index (χ0n) is 23.2. The molecule has 0 aromatic rings. The maximum absolute atomic E-state index is 13.6. The molecule has 1 N–H and O–H groups in total. The van der Waals surface area contributed by atoms with Crippen LogP contribution in [0.25, 0.3) is 0 Å². The summed E-state index contributed by atoms with van der Waals surface area (Å²) < 4.78 is 5.10. The number of esters is 1. The van der Waals surface area contributed by atoms with Gasteiger partial charge in [0.2, 0.25) is 11.8 Å². The fourth-order valence-electron chi connectivity index (χ4n) is 4.71. The van der Waals surface area contributed by atoms with Crippen molar-refractivity contribution in [1.82, 2.24) is 15.1 Å². The Labute approximate surface area is 207 Å². The highest BCUT2D eigenvalue weighted by molar-refractivity contribution is 5.91. The molecule has 34 heavy (non-hydrogen) atoms. The average molecular weight is 480 g/mol. The summed E-state index contributed by atoms with van der Waals surface area (Å²) in [5, 5.41) is 3.09. The van der Waals surface area contributed by atoms with Crippen molar-refractivity contribution in [2.45, 2.75) is 106 Å². The number of ether oxygens (including phenoxy) is 1. The second-order valence-electron chi connectivity index (χ2n) is 10.6. The Morgan fingerprint density at radius 2 is 1.68 bits per heavy atom. The Morgan fingerprint density at radius 3 is 2.15 bits per heavy atom. The lowest BCUT2D eigenvalue weighted by atomic mass is 9.89. The van der Waals surface area contributed by atoms with Crippen molar-refractivity contribution in [2.24, 2.45) is 17.8 Å². The van der Waals surface area contributed by atoms with E-state index in [1.54, 1.807) is 31.9 Å². The molecule has 0 spiro atoms. The standard InChI is InChI=1S/C27H49N3O4/c1-11-21-13-14-22(30(16-21)19(7)8)25(31)28-24(18(5)6)26(32)29(10)23(17(3)4)15-20(9)27(33)34-12-2/h15,17-19,21-24H,11-14,16H2,1-10H3,(H,28,31)/b20-15+/t21-,22-,23+,24?/m0/s1. The molecule has 1 aliphatic rings. The van der Waals surface area contributed by atoms with Gasteiger partial charge in [-0.25, -0.2) is 4.79 Å². The maximum Gasteiger partial charge on any atom is 0.333 e. The molecular weight excluding hydrogens is 430 g/mol. The minimum absolute atomic E-state index is 0.0666. The number of carbonyl (C=O) groups excluding carboxylic acids is 3. The fraction of sp³-hybridized carbons (Fsp3) is 0.815. The van der Waals surface area contributed by atoms with E-state index in [-0.39, 0.29) is 47.7 Å². The molecule has 1 rings (SSSR count). The highest BCUT2D eigenvalue weighted by Crippen LogP contribution is 2.26. The Morgan fingerprint density at radius 1 is 1.06 bits per heavy atom. The molecule has 7 nitrogen and oxygen atoms in total. The number of nitrogens with one attached hydrogen (secondary N) is 1. The summed E-state index contributed by atoms with van der Waals surface area (Å²) in [5.74, 6) is 0.0424. The normalized spacial score (nSPS) is 21.5. The number of rotatable bonds is 11. The van der Waals surface area contributed by atoms with Gasteiger partial charge in [-0.3, -0.25) is 14.5 Å². The summed E-state index contributed by atoms with van der Waals surface area (Å²) in [6.07, 6.45) is 4.76. The third kappa shape index (κ3) is 8.10. The lowest BCUT2D eigenvalue weighted by Crippen LogP contribution is -2.59. The number of likely N-dealkylation sites (N-methyl/N-ethyl adjacent to an activating group) is 1. The summed E-state index contributed by atoms with van der Waals surface area (Å²) >= 11 is 0. The van der Waals surface area contributed by atoms with Crippen LogP contribution in [0.5, 0.6) is 0 Å². The predicted molar refractivity (Wildman–Crippen MR) is 137 cm³/mol. The second-order valence-corrected chi connectivity index (χ2v) is 10.6. The van der Waals surface area contributed by atoms with Crippen LogP contribution in [0.4, 0.5) is 0 Å². The number of amides is 2. The lowest BCUT2D eigenvalue weighted by molar-refractivity contribution is -0.141. The molecule has 1 heterocycles. The number of hydrogen-bond acceptors (Lipinski definition) is 5. The van der Waals surface area contributed by atoms with Crippen LogP contribution in [0.15, 0.2) is 11.6 Å². The SMILES string of the molecule is CCOC(=O)/C(C)=C/[C@H](C(C)C)N(C)C(=O)C(NC(=O)[C@@H]1CC[C@H](CC)CN1C(C)C)C(C)C. The van der Waals surface area contributed by atoms with Crippen molar-refractivity contribution in [3.05, 3.63) is 11.6 Å². The molecule has 0 aliphatic carbocycles. The van der Waals surface area contributed by atoms with Crippen LogP contribution >= 0.6 is 0 Å². The molecule has 7 heteroatoms. The van der Waals surface area contributed by atoms with Crippen molar-refractivity contribution >= 4 is 17.8 Å². The molecule has 4 atom stereocenters. The molecule has 0 saturated carbocycles. The van der Waals surface area contributed by atoms with Crippen LogP contribution in [-0.4, -0.2) is 72.0 Å². The van der Waals surface area contributed by atoms with E-state index in [9.17, 15) is 14.4 Å². The molecule has 0 radical (unpaired) electrons. The van der Waals surface area contributed by atoms with Gasteiger partial charge in [0.25, 0.3) is 0 Å². The van der Waals surface area contributed by atoms with E-state index >= 15 is 0 Å². The highest BCUT2D eigenvalue weighted by Gasteiger charge is 2.37. The molecule has 1 aliphatic heterocycles. The molecule has 1 unspecified atom stereocenters. The van der Waals surface area contributed by atoms with Gasteiger partial charge in [-0.05, 0) is 58.3 Å². The van der Waals surface area contributed by atoms with Gasteiger partial charge in [0.1, 0.15) is 6.04 Å². The van der Waals surface area contributed by atoms with E-state index in [0.29, 0.717) is 18.1 Å². The predicted octanol–water partition coefficient (Wildman–Crippen LogP) is 4.02. The van der Waals surface area contributed by atoms with Crippen LogP contribution in [0.1, 0.15) is 81.6 Å². The Bertz CT molecular complexity index is 717. The zero-order chi connectivity index (χ0) is 26.2. The first-order valence-corrected chi connectivity index (χ1v) is 13.0. The van der Waals surface area contributed by atoms with E-state index in [0.717, 1.165) is 25.8 Å². The number of hydrogen-bond donors (Lipinski definition) is 1. The van der Waals surface area contributed by atoms with Gasteiger partial charge >= 0.3 is 5.97 Å². The largest absolute Gasteiger partial charge is 0.463 e. The monoisotopic (exact) mass is 479 g/mol. The number of carbonyl (C=O) groups is 3. The third-order valence-corrected chi connectivity index (χ3v) is 6.99. The zero-order valence-corrected chi connectivity index (χ0v) is 23.2. The molecule has 0 aromatic heterocycles. The molecule has 1 saturated heterocycles. The van der Waals surface area contributed by atoms with E-state index < -0.39 is 6.04 Å². The molecular formula is C27H49N3O4. The van der Waals surface area contributed by atoms with Crippen molar-refractivity contribution in [2.75, 3.05) is 20.2 Å². The van der Waals surface area contributed by atoms with Gasteiger partial charge in [0, 0.05) is 25.2 Å². The molecule has 1 fully saturated rings. The lowest BCUT2D eigenvalue weighted by Gasteiger charge is -2.42. The van der Waals surface area contributed by atoms with Gasteiger partial charge in [-0.1, -0.05) is 47.1 Å². The number of likely N-dealkylation sites (tertiary alicyclic amines) is 1. The second kappa shape index (κ2) is 13.9.